The van der Waals surface area contributed by atoms with Crippen molar-refractivity contribution in [1.82, 2.24) is 15.2 Å². The van der Waals surface area contributed by atoms with E-state index in [1.165, 1.54) is 0 Å². The van der Waals surface area contributed by atoms with Crippen LogP contribution in [0.1, 0.15) is 18.4 Å². The van der Waals surface area contributed by atoms with Crippen molar-refractivity contribution in [1.29, 1.82) is 0 Å². The predicted molar refractivity (Wildman–Crippen MR) is 108 cm³/mol. The molecule has 1 N–H and O–H groups in total. The summed E-state index contributed by atoms with van der Waals surface area (Å²) in [5, 5.41) is 2.11. The lowest BCUT2D eigenvalue weighted by atomic mass is 9.72. The second kappa shape index (κ2) is 9.30. The van der Waals surface area contributed by atoms with Gasteiger partial charge in [0.25, 0.3) is 0 Å². The van der Waals surface area contributed by atoms with Crippen LogP contribution in [0.5, 0.6) is 0 Å². The lowest BCUT2D eigenvalue weighted by molar-refractivity contribution is -0.143. The molecule has 1 aromatic heterocycles. The molecular formula is C21H29F3N4O3. The third-order valence-electron chi connectivity index (χ3n) is 6.54. The highest BCUT2D eigenvalue weighted by molar-refractivity contribution is 5.80. The largest absolute Gasteiger partial charge is 0.405 e. The van der Waals surface area contributed by atoms with Crippen LogP contribution in [0.2, 0.25) is 0 Å². The van der Waals surface area contributed by atoms with Crippen molar-refractivity contribution in [2.24, 2.45) is 11.3 Å². The molecule has 4 rings (SSSR count). The summed E-state index contributed by atoms with van der Waals surface area (Å²) in [6.45, 7) is 4.48. The van der Waals surface area contributed by atoms with Crippen molar-refractivity contribution in [3.05, 3.63) is 23.9 Å². The van der Waals surface area contributed by atoms with E-state index in [0.29, 0.717) is 58.9 Å². The molecule has 4 heterocycles. The molecule has 3 saturated heterocycles. The van der Waals surface area contributed by atoms with E-state index in [1.54, 1.807) is 6.20 Å². The molecule has 0 saturated carbocycles. The molecule has 3 aliphatic heterocycles. The molecule has 3 aliphatic rings. The van der Waals surface area contributed by atoms with Gasteiger partial charge < -0.3 is 19.7 Å². The standard InChI is InChI=1S/C21H29F3N4O3/c22-21(23,24)14-26-19(29)17-13-27(15-20(17)2-7-30-8-3-20)12-16-1-4-25-18(11-16)28-5-9-31-10-6-28/h1,4,11,17H,2-3,5-10,12-15H2,(H,26,29). The summed E-state index contributed by atoms with van der Waals surface area (Å²) in [6, 6.07) is 4.01. The molecule has 0 aliphatic carbocycles. The van der Waals surface area contributed by atoms with E-state index in [2.05, 4.69) is 26.2 Å². The highest BCUT2D eigenvalue weighted by Gasteiger charge is 2.50. The maximum Gasteiger partial charge on any atom is 0.405 e. The average Bonchev–Trinajstić information content (AvgIpc) is 3.10. The van der Waals surface area contributed by atoms with E-state index >= 15 is 0 Å². The smallest absolute Gasteiger partial charge is 0.381 e. The molecule has 3 fully saturated rings. The first-order valence-electron chi connectivity index (χ1n) is 10.8. The molecule has 0 bridgehead atoms. The van der Waals surface area contributed by atoms with Crippen LogP contribution >= 0.6 is 0 Å². The first kappa shape index (κ1) is 22.3. The Balaban J connectivity index is 1.45. The summed E-state index contributed by atoms with van der Waals surface area (Å²) in [7, 11) is 0. The maximum atomic E-state index is 12.7. The first-order chi connectivity index (χ1) is 14.8. The zero-order chi connectivity index (χ0) is 21.9. The van der Waals surface area contributed by atoms with Crippen LogP contribution in [0, 0.1) is 11.3 Å². The van der Waals surface area contributed by atoms with Crippen LogP contribution in [0.25, 0.3) is 0 Å². The normalized spacial score (nSPS) is 24.5. The van der Waals surface area contributed by atoms with E-state index in [9.17, 15) is 18.0 Å². The SMILES string of the molecule is O=C(NCC(F)(F)F)C1CN(Cc2ccnc(N3CCOCC3)c2)CC12CCOCC2. The molecule has 0 aromatic carbocycles. The van der Waals surface area contributed by atoms with Gasteiger partial charge in [-0.2, -0.15) is 13.2 Å². The Morgan fingerprint density at radius 1 is 1.19 bits per heavy atom. The van der Waals surface area contributed by atoms with Crippen molar-refractivity contribution in [3.8, 4) is 0 Å². The Hall–Kier alpha value is -1.91. The van der Waals surface area contributed by atoms with Crippen LogP contribution in [-0.2, 0) is 20.8 Å². The zero-order valence-electron chi connectivity index (χ0n) is 17.5. The van der Waals surface area contributed by atoms with E-state index in [4.69, 9.17) is 9.47 Å². The minimum Gasteiger partial charge on any atom is -0.381 e. The Labute approximate surface area is 179 Å². The number of amides is 1. The maximum absolute atomic E-state index is 12.7. The zero-order valence-corrected chi connectivity index (χ0v) is 17.5. The summed E-state index contributed by atoms with van der Waals surface area (Å²) in [5.41, 5.74) is 0.739. The van der Waals surface area contributed by atoms with E-state index in [0.717, 1.165) is 24.5 Å². The molecule has 1 unspecified atom stereocenters. The highest BCUT2D eigenvalue weighted by Crippen LogP contribution is 2.45. The van der Waals surface area contributed by atoms with E-state index < -0.39 is 24.5 Å². The fourth-order valence-electron chi connectivity index (χ4n) is 4.93. The quantitative estimate of drug-likeness (QED) is 0.751. The monoisotopic (exact) mass is 442 g/mol. The Morgan fingerprint density at radius 3 is 2.61 bits per heavy atom. The lowest BCUT2D eigenvalue weighted by Gasteiger charge is -2.37. The first-order valence-corrected chi connectivity index (χ1v) is 10.8. The minimum atomic E-state index is -4.41. The number of carbonyl (C=O) groups excluding carboxylic acids is 1. The predicted octanol–water partition coefficient (Wildman–Crippen LogP) is 1.83. The number of nitrogens with one attached hydrogen (secondary N) is 1. The number of morpholine rings is 1. The number of nitrogens with zero attached hydrogens (tertiary/aromatic N) is 3. The molecule has 1 atom stereocenters. The summed E-state index contributed by atoms with van der Waals surface area (Å²) in [6.07, 6.45) is -1.26. The van der Waals surface area contributed by atoms with Gasteiger partial charge in [0.2, 0.25) is 5.91 Å². The number of carbonyl (C=O) groups is 1. The van der Waals surface area contributed by atoms with Gasteiger partial charge in [-0.1, -0.05) is 0 Å². The number of likely N-dealkylation sites (tertiary alicyclic amines) is 1. The Morgan fingerprint density at radius 2 is 1.90 bits per heavy atom. The second-order valence-corrected chi connectivity index (χ2v) is 8.65. The number of halogens is 3. The van der Waals surface area contributed by atoms with Crippen LogP contribution in [0.3, 0.4) is 0 Å². The van der Waals surface area contributed by atoms with Crippen LogP contribution < -0.4 is 10.2 Å². The van der Waals surface area contributed by atoms with Gasteiger partial charge in [0.1, 0.15) is 12.4 Å². The fourth-order valence-corrected chi connectivity index (χ4v) is 4.93. The van der Waals surface area contributed by atoms with Gasteiger partial charge in [-0.25, -0.2) is 4.98 Å². The Kier molecular flexibility index (Phi) is 6.68. The average molecular weight is 442 g/mol. The summed E-state index contributed by atoms with van der Waals surface area (Å²) in [4.78, 5) is 21.6. The molecule has 0 radical (unpaired) electrons. The molecule has 172 valence electrons. The van der Waals surface area contributed by atoms with Gasteiger partial charge >= 0.3 is 6.18 Å². The van der Waals surface area contributed by atoms with Gasteiger partial charge in [0, 0.05) is 57.5 Å². The number of hydrogen-bond acceptors (Lipinski definition) is 6. The number of alkyl halides is 3. The molecular weight excluding hydrogens is 413 g/mol. The molecule has 7 nitrogen and oxygen atoms in total. The summed E-state index contributed by atoms with van der Waals surface area (Å²) < 4.78 is 48.8. The number of ether oxygens (including phenoxy) is 2. The van der Waals surface area contributed by atoms with Crippen molar-refractivity contribution < 1.29 is 27.4 Å². The highest BCUT2D eigenvalue weighted by atomic mass is 19.4. The summed E-state index contributed by atoms with van der Waals surface area (Å²) >= 11 is 0. The van der Waals surface area contributed by atoms with Crippen molar-refractivity contribution in [2.75, 3.05) is 64.1 Å². The number of aromatic nitrogens is 1. The van der Waals surface area contributed by atoms with Crippen molar-refractivity contribution in [2.45, 2.75) is 25.6 Å². The molecule has 1 spiro atoms. The fraction of sp³-hybridized carbons (Fsp3) is 0.714. The molecule has 1 amide bonds. The van der Waals surface area contributed by atoms with E-state index in [1.807, 2.05) is 6.07 Å². The van der Waals surface area contributed by atoms with Gasteiger partial charge in [0.05, 0.1) is 19.1 Å². The topological polar surface area (TPSA) is 66.9 Å². The third-order valence-corrected chi connectivity index (χ3v) is 6.54. The van der Waals surface area contributed by atoms with Gasteiger partial charge in [-0.3, -0.25) is 9.69 Å². The van der Waals surface area contributed by atoms with Crippen LogP contribution in [-0.4, -0.2) is 81.1 Å². The summed E-state index contributed by atoms with van der Waals surface area (Å²) in [5.74, 6) is -0.0787. The number of pyridine rings is 1. The van der Waals surface area contributed by atoms with Crippen LogP contribution in [0.4, 0.5) is 19.0 Å². The third kappa shape index (κ3) is 5.48. The number of anilines is 1. The molecule has 10 heteroatoms. The van der Waals surface area contributed by atoms with Crippen LogP contribution in [0.15, 0.2) is 18.3 Å². The Bertz CT molecular complexity index is 764. The number of rotatable bonds is 5. The second-order valence-electron chi connectivity index (χ2n) is 8.65. The van der Waals surface area contributed by atoms with Crippen molar-refractivity contribution >= 4 is 11.7 Å². The van der Waals surface area contributed by atoms with Crippen molar-refractivity contribution in [3.63, 3.8) is 0 Å². The molecule has 1 aromatic rings. The minimum absolute atomic E-state index is 0.339. The number of hydrogen-bond donors (Lipinski definition) is 1. The van der Waals surface area contributed by atoms with Gasteiger partial charge in [0.15, 0.2) is 0 Å². The molecule has 31 heavy (non-hydrogen) atoms. The lowest BCUT2D eigenvalue weighted by Crippen LogP contribution is -2.46. The van der Waals surface area contributed by atoms with Gasteiger partial charge in [-0.15, -0.1) is 0 Å². The van der Waals surface area contributed by atoms with E-state index in [-0.39, 0.29) is 5.41 Å². The van der Waals surface area contributed by atoms with Gasteiger partial charge in [-0.05, 0) is 30.5 Å².